The Bertz CT molecular complexity index is 246. The van der Waals surface area contributed by atoms with Gasteiger partial charge in [0.25, 0.3) is 0 Å². The summed E-state index contributed by atoms with van der Waals surface area (Å²) in [5.74, 6) is -0.757. The van der Waals surface area contributed by atoms with Crippen LogP contribution in [0.1, 0.15) is 75.2 Å². The molecule has 0 bridgehead atoms. The van der Waals surface area contributed by atoms with E-state index >= 15 is 0 Å². The fraction of sp³-hybridized carbons (Fsp3) is 0.933. The van der Waals surface area contributed by atoms with Gasteiger partial charge in [-0.2, -0.15) is 0 Å². The normalized spacial score (nSPS) is 12.7. The monoisotopic (exact) mass is 276 g/mol. The minimum Gasteiger partial charge on any atom is -0.481 e. The zero-order valence-electron chi connectivity index (χ0n) is 14.1. The maximum atomic E-state index is 10.0. The molecule has 0 aliphatic carbocycles. The zero-order valence-corrected chi connectivity index (χ0v) is 14.1. The van der Waals surface area contributed by atoms with Crippen molar-refractivity contribution >= 4 is 5.97 Å². The van der Waals surface area contributed by atoms with Crippen LogP contribution in [-0.2, 0) is 14.6 Å². The van der Waals surface area contributed by atoms with Crippen LogP contribution in [0.5, 0.6) is 0 Å². The van der Waals surface area contributed by atoms with Gasteiger partial charge < -0.3 is 5.11 Å². The molecule has 0 spiro atoms. The van der Waals surface area contributed by atoms with Gasteiger partial charge >= 0.3 is 5.97 Å². The first kappa shape index (κ1) is 20.7. The van der Waals surface area contributed by atoms with E-state index in [0.29, 0.717) is 0 Å². The molecular formula is C15H32O4. The third-order valence-electron chi connectivity index (χ3n) is 2.84. The molecule has 4 heteroatoms. The fourth-order valence-electron chi connectivity index (χ4n) is 0.343. The Morgan fingerprint density at radius 3 is 1.16 bits per heavy atom. The quantitative estimate of drug-likeness (QED) is 0.596. The summed E-state index contributed by atoms with van der Waals surface area (Å²) in [6.07, 6.45) is 1.90. The third kappa shape index (κ3) is 12.2. The Morgan fingerprint density at radius 1 is 0.842 bits per heavy atom. The molecule has 116 valence electrons. The van der Waals surface area contributed by atoms with Crippen molar-refractivity contribution < 1.29 is 19.7 Å². The number of carbonyl (C=O) groups is 1. The van der Waals surface area contributed by atoms with E-state index in [1.54, 1.807) is 20.8 Å². The van der Waals surface area contributed by atoms with E-state index in [1.807, 2.05) is 27.7 Å². The van der Waals surface area contributed by atoms with Crippen LogP contribution in [0.4, 0.5) is 0 Å². The largest absolute Gasteiger partial charge is 0.481 e. The standard InChI is InChI=1S/C10H22O2.C5H10O2/c1-7-9(3,4)11-12-10(5,6)8-2;1-5(2,3)4(6)7/h7-8H2,1-6H3;1-3H3,(H,6,7). The summed E-state index contributed by atoms with van der Waals surface area (Å²) >= 11 is 0. The van der Waals surface area contributed by atoms with Crippen LogP contribution < -0.4 is 0 Å². The molecule has 0 aromatic heterocycles. The number of aliphatic carboxylic acids is 1. The lowest BCUT2D eigenvalue weighted by molar-refractivity contribution is -0.401. The molecule has 0 radical (unpaired) electrons. The Labute approximate surface area is 118 Å². The summed E-state index contributed by atoms with van der Waals surface area (Å²) in [6.45, 7) is 17.3. The zero-order chi connectivity index (χ0) is 15.9. The van der Waals surface area contributed by atoms with Crippen LogP contribution in [0.3, 0.4) is 0 Å². The predicted molar refractivity (Wildman–Crippen MR) is 78.0 cm³/mol. The van der Waals surface area contributed by atoms with Gasteiger partial charge in [0.1, 0.15) is 0 Å². The Morgan fingerprint density at radius 2 is 1.05 bits per heavy atom. The van der Waals surface area contributed by atoms with Crippen molar-refractivity contribution in [3.63, 3.8) is 0 Å². The summed E-state index contributed by atoms with van der Waals surface area (Å²) in [7, 11) is 0. The summed E-state index contributed by atoms with van der Waals surface area (Å²) < 4.78 is 0. The highest BCUT2D eigenvalue weighted by Crippen LogP contribution is 2.21. The molecule has 0 saturated carbocycles. The number of carboxylic acid groups (broad SMARTS) is 1. The summed E-state index contributed by atoms with van der Waals surface area (Å²) in [5.41, 5.74) is -0.932. The van der Waals surface area contributed by atoms with Crippen LogP contribution in [0.25, 0.3) is 0 Å². The first-order valence-corrected chi connectivity index (χ1v) is 6.87. The fourth-order valence-corrected chi connectivity index (χ4v) is 0.343. The molecule has 0 unspecified atom stereocenters. The molecule has 0 heterocycles. The highest BCUT2D eigenvalue weighted by molar-refractivity contribution is 5.72. The van der Waals surface area contributed by atoms with Gasteiger partial charge in [-0.3, -0.25) is 4.79 Å². The van der Waals surface area contributed by atoms with Crippen molar-refractivity contribution in [2.45, 2.75) is 86.4 Å². The first-order valence-electron chi connectivity index (χ1n) is 6.87. The lowest BCUT2D eigenvalue weighted by Gasteiger charge is -2.29. The van der Waals surface area contributed by atoms with Crippen molar-refractivity contribution in [2.75, 3.05) is 0 Å². The molecule has 4 nitrogen and oxygen atoms in total. The van der Waals surface area contributed by atoms with Gasteiger partial charge in [0, 0.05) is 0 Å². The molecule has 1 N–H and O–H groups in total. The third-order valence-corrected chi connectivity index (χ3v) is 2.84. The van der Waals surface area contributed by atoms with Crippen LogP contribution >= 0.6 is 0 Å². The van der Waals surface area contributed by atoms with Crippen molar-refractivity contribution in [3.05, 3.63) is 0 Å². The summed E-state index contributed by atoms with van der Waals surface area (Å²) in [4.78, 5) is 20.7. The highest BCUT2D eigenvalue weighted by Gasteiger charge is 2.23. The second kappa shape index (κ2) is 7.85. The number of hydrogen-bond donors (Lipinski definition) is 1. The molecular weight excluding hydrogens is 244 g/mol. The average molecular weight is 276 g/mol. The lowest BCUT2D eigenvalue weighted by atomic mass is 9.98. The van der Waals surface area contributed by atoms with E-state index < -0.39 is 11.4 Å². The van der Waals surface area contributed by atoms with Gasteiger partial charge in [-0.25, -0.2) is 9.78 Å². The van der Waals surface area contributed by atoms with E-state index in [0.717, 1.165) is 12.8 Å². The molecule has 0 rings (SSSR count). The van der Waals surface area contributed by atoms with E-state index in [2.05, 4.69) is 13.8 Å². The molecule has 19 heavy (non-hydrogen) atoms. The Kier molecular flexibility index (Phi) is 8.56. The van der Waals surface area contributed by atoms with Gasteiger partial charge in [0.2, 0.25) is 0 Å². The van der Waals surface area contributed by atoms with Crippen molar-refractivity contribution in [1.82, 2.24) is 0 Å². The van der Waals surface area contributed by atoms with Crippen LogP contribution in [0.2, 0.25) is 0 Å². The molecule has 0 atom stereocenters. The highest BCUT2D eigenvalue weighted by atomic mass is 17.2. The van der Waals surface area contributed by atoms with Crippen LogP contribution in [0, 0.1) is 5.41 Å². The van der Waals surface area contributed by atoms with Crippen molar-refractivity contribution in [2.24, 2.45) is 5.41 Å². The van der Waals surface area contributed by atoms with Gasteiger partial charge in [0.05, 0.1) is 16.6 Å². The SMILES string of the molecule is CC(C)(C)C(=O)O.CCC(C)(C)OOC(C)(C)CC. The maximum absolute atomic E-state index is 10.0. The van der Waals surface area contributed by atoms with E-state index in [9.17, 15) is 4.79 Å². The second-order valence-electron chi connectivity index (χ2n) is 6.95. The molecule has 0 aromatic rings. The first-order chi connectivity index (χ1) is 8.27. The van der Waals surface area contributed by atoms with Crippen LogP contribution in [-0.4, -0.2) is 22.3 Å². The van der Waals surface area contributed by atoms with Gasteiger partial charge in [-0.15, -0.1) is 0 Å². The molecule has 0 aliphatic heterocycles. The topological polar surface area (TPSA) is 55.8 Å². The summed E-state index contributed by atoms with van der Waals surface area (Å²) in [5, 5.41) is 8.25. The second-order valence-corrected chi connectivity index (χ2v) is 6.95. The van der Waals surface area contributed by atoms with E-state index in [-0.39, 0.29) is 11.2 Å². The van der Waals surface area contributed by atoms with Crippen molar-refractivity contribution in [3.8, 4) is 0 Å². The van der Waals surface area contributed by atoms with Crippen molar-refractivity contribution in [1.29, 1.82) is 0 Å². The Hall–Kier alpha value is -0.610. The lowest BCUT2D eigenvalue weighted by Crippen LogP contribution is -2.31. The predicted octanol–water partition coefficient (Wildman–Crippen LogP) is 4.43. The Balaban J connectivity index is 0. The molecule has 0 fully saturated rings. The molecule has 0 aromatic carbocycles. The summed E-state index contributed by atoms with van der Waals surface area (Å²) in [6, 6.07) is 0. The molecule has 0 amide bonds. The average Bonchev–Trinajstić information content (AvgIpc) is 2.26. The minimum absolute atomic E-state index is 0.174. The van der Waals surface area contributed by atoms with Gasteiger partial charge in [-0.05, 0) is 61.3 Å². The smallest absolute Gasteiger partial charge is 0.308 e. The number of rotatable bonds is 5. The number of carboxylic acids is 1. The molecule has 0 aliphatic rings. The minimum atomic E-state index is -0.757. The van der Waals surface area contributed by atoms with E-state index in [4.69, 9.17) is 14.9 Å². The van der Waals surface area contributed by atoms with E-state index in [1.165, 1.54) is 0 Å². The molecule has 0 saturated heterocycles. The van der Waals surface area contributed by atoms with Crippen LogP contribution in [0.15, 0.2) is 0 Å². The maximum Gasteiger partial charge on any atom is 0.308 e. The van der Waals surface area contributed by atoms with Gasteiger partial charge in [-0.1, -0.05) is 13.8 Å². The van der Waals surface area contributed by atoms with Gasteiger partial charge in [0.15, 0.2) is 0 Å². The number of hydrogen-bond acceptors (Lipinski definition) is 3.